The smallest absolute Gasteiger partial charge is 0.404 e. The summed E-state index contributed by atoms with van der Waals surface area (Å²) in [6.45, 7) is 0.444. The Balaban J connectivity index is 1.50. The molecule has 2 aromatic rings. The quantitative estimate of drug-likeness (QED) is 0.738. The third-order valence-corrected chi connectivity index (χ3v) is 5.75. The molecule has 1 fully saturated rings. The third-order valence-electron chi connectivity index (χ3n) is 5.75. The highest BCUT2D eigenvalue weighted by molar-refractivity contribution is 5.84. The van der Waals surface area contributed by atoms with Gasteiger partial charge in [-0.25, -0.2) is 0 Å². The minimum Gasteiger partial charge on any atom is -0.454 e. The van der Waals surface area contributed by atoms with Gasteiger partial charge in [0.25, 0.3) is 0 Å². The number of ether oxygens (including phenoxy) is 2. The van der Waals surface area contributed by atoms with Crippen LogP contribution in [0, 0.1) is 5.41 Å². The van der Waals surface area contributed by atoms with Crippen LogP contribution in [0.2, 0.25) is 0 Å². The van der Waals surface area contributed by atoms with Gasteiger partial charge in [0.1, 0.15) is 0 Å². The molecule has 0 radical (unpaired) electrons. The van der Waals surface area contributed by atoms with Crippen molar-refractivity contribution in [2.45, 2.75) is 25.7 Å². The maximum Gasteiger partial charge on any atom is 0.404 e. The molecule has 0 saturated carbocycles. The average molecular weight is 420 g/mol. The molecule has 4 rings (SSSR count). The van der Waals surface area contributed by atoms with Gasteiger partial charge in [0.05, 0.1) is 0 Å². The maximum absolute atomic E-state index is 14.1. The van der Waals surface area contributed by atoms with E-state index in [0.29, 0.717) is 23.6 Å². The Hall–Kier alpha value is -2.74. The van der Waals surface area contributed by atoms with E-state index >= 15 is 0 Å². The highest BCUT2D eigenvalue weighted by Crippen LogP contribution is 2.47. The second-order valence-corrected chi connectivity index (χ2v) is 7.87. The molecule has 5 nitrogen and oxygen atoms in total. The summed E-state index contributed by atoms with van der Waals surface area (Å²) in [5.41, 5.74) is -0.782. The number of hydrogen-bond acceptors (Lipinski definition) is 4. The largest absolute Gasteiger partial charge is 0.454 e. The first kappa shape index (κ1) is 20.5. The lowest BCUT2D eigenvalue weighted by Gasteiger charge is -2.34. The molecule has 1 atom stereocenters. The van der Waals surface area contributed by atoms with Gasteiger partial charge in [0.15, 0.2) is 16.9 Å². The third kappa shape index (κ3) is 3.84. The number of benzene rings is 2. The number of halogens is 3. The van der Waals surface area contributed by atoms with E-state index in [1.165, 1.54) is 7.05 Å². The zero-order valence-electron chi connectivity index (χ0n) is 16.6. The standard InChI is InChI=1S/C22H23F3N2O3/c1-26(12-17-7-8-18-19(11-17)30-15-29-18)20(28)21(22(23,24)25)9-10-27(14-21)13-16-5-3-2-4-6-16/h2-8,11H,9-10,12-15H2,1H3. The molecule has 8 heteroatoms. The molecule has 0 spiro atoms. The van der Waals surface area contributed by atoms with Crippen molar-refractivity contribution in [1.29, 1.82) is 0 Å². The van der Waals surface area contributed by atoms with Crippen LogP contribution in [0.15, 0.2) is 48.5 Å². The fourth-order valence-corrected chi connectivity index (χ4v) is 4.14. The fourth-order valence-electron chi connectivity index (χ4n) is 4.14. The minimum absolute atomic E-state index is 0.0615. The Labute approximate surface area is 173 Å². The Morgan fingerprint density at radius 2 is 1.83 bits per heavy atom. The number of amides is 1. The summed E-state index contributed by atoms with van der Waals surface area (Å²) in [6, 6.07) is 14.5. The van der Waals surface area contributed by atoms with E-state index < -0.39 is 17.5 Å². The summed E-state index contributed by atoms with van der Waals surface area (Å²) in [5.74, 6) is 0.226. The molecular weight excluding hydrogens is 397 g/mol. The first-order valence-electron chi connectivity index (χ1n) is 9.76. The topological polar surface area (TPSA) is 42.0 Å². The maximum atomic E-state index is 14.1. The lowest BCUT2D eigenvalue weighted by molar-refractivity contribution is -0.223. The number of nitrogens with zero attached hydrogens (tertiary/aromatic N) is 2. The van der Waals surface area contributed by atoms with Crippen LogP contribution in [-0.2, 0) is 17.9 Å². The van der Waals surface area contributed by atoms with Gasteiger partial charge in [0, 0.05) is 26.7 Å². The fraction of sp³-hybridized carbons (Fsp3) is 0.409. The lowest BCUT2D eigenvalue weighted by atomic mass is 9.84. The second-order valence-electron chi connectivity index (χ2n) is 7.87. The van der Waals surface area contributed by atoms with E-state index in [-0.39, 0.29) is 32.8 Å². The molecule has 1 amide bonds. The van der Waals surface area contributed by atoms with Crippen molar-refractivity contribution in [3.63, 3.8) is 0 Å². The van der Waals surface area contributed by atoms with E-state index in [0.717, 1.165) is 10.5 Å². The van der Waals surface area contributed by atoms with Crippen LogP contribution in [0.5, 0.6) is 11.5 Å². The highest BCUT2D eigenvalue weighted by atomic mass is 19.4. The van der Waals surface area contributed by atoms with Gasteiger partial charge in [-0.2, -0.15) is 13.2 Å². The van der Waals surface area contributed by atoms with Crippen LogP contribution in [0.1, 0.15) is 17.5 Å². The predicted octanol–water partition coefficient (Wildman–Crippen LogP) is 3.83. The van der Waals surface area contributed by atoms with Gasteiger partial charge in [-0.3, -0.25) is 9.69 Å². The van der Waals surface area contributed by atoms with Crippen molar-refractivity contribution >= 4 is 5.91 Å². The normalized spacial score (nSPS) is 21.1. The van der Waals surface area contributed by atoms with E-state index in [4.69, 9.17) is 9.47 Å². The van der Waals surface area contributed by atoms with Crippen molar-refractivity contribution in [3.8, 4) is 11.5 Å². The molecule has 2 heterocycles. The molecule has 0 aromatic heterocycles. The zero-order chi connectivity index (χ0) is 21.4. The molecule has 0 bridgehead atoms. The van der Waals surface area contributed by atoms with Crippen molar-refractivity contribution < 1.29 is 27.4 Å². The van der Waals surface area contributed by atoms with Crippen molar-refractivity contribution in [1.82, 2.24) is 9.80 Å². The summed E-state index contributed by atoms with van der Waals surface area (Å²) in [4.78, 5) is 15.9. The first-order chi connectivity index (χ1) is 14.3. The summed E-state index contributed by atoms with van der Waals surface area (Å²) in [7, 11) is 1.42. The van der Waals surface area contributed by atoms with Gasteiger partial charge in [-0.05, 0) is 36.2 Å². The van der Waals surface area contributed by atoms with Crippen molar-refractivity contribution in [2.24, 2.45) is 5.41 Å². The number of likely N-dealkylation sites (tertiary alicyclic amines) is 1. The molecule has 160 valence electrons. The van der Waals surface area contributed by atoms with Gasteiger partial charge < -0.3 is 14.4 Å². The Kier molecular flexibility index (Phi) is 5.36. The van der Waals surface area contributed by atoms with Gasteiger partial charge in [-0.15, -0.1) is 0 Å². The summed E-state index contributed by atoms with van der Waals surface area (Å²) < 4.78 is 53.0. The molecular formula is C22H23F3N2O3. The number of fused-ring (bicyclic) bond motifs is 1. The molecule has 1 saturated heterocycles. The zero-order valence-corrected chi connectivity index (χ0v) is 16.6. The van der Waals surface area contributed by atoms with Crippen LogP contribution in [-0.4, -0.2) is 48.8 Å². The van der Waals surface area contributed by atoms with Gasteiger partial charge in [-0.1, -0.05) is 36.4 Å². The van der Waals surface area contributed by atoms with Gasteiger partial charge >= 0.3 is 6.18 Å². The molecule has 2 aliphatic heterocycles. The Morgan fingerprint density at radius 3 is 2.57 bits per heavy atom. The van der Waals surface area contributed by atoms with Crippen molar-refractivity contribution in [3.05, 3.63) is 59.7 Å². The van der Waals surface area contributed by atoms with Crippen molar-refractivity contribution in [2.75, 3.05) is 26.9 Å². The molecule has 2 aromatic carbocycles. The molecule has 30 heavy (non-hydrogen) atoms. The van der Waals surface area contributed by atoms with Gasteiger partial charge in [0.2, 0.25) is 12.7 Å². The van der Waals surface area contributed by atoms with E-state index in [1.807, 2.05) is 30.3 Å². The number of hydrogen-bond donors (Lipinski definition) is 0. The van der Waals surface area contributed by atoms with Crippen LogP contribution in [0.4, 0.5) is 13.2 Å². The summed E-state index contributed by atoms with van der Waals surface area (Å²) in [5, 5.41) is 0. The highest BCUT2D eigenvalue weighted by Gasteiger charge is 2.63. The molecule has 0 N–H and O–H groups in total. The number of carbonyl (C=O) groups excluding carboxylic acids is 1. The Morgan fingerprint density at radius 1 is 1.10 bits per heavy atom. The average Bonchev–Trinajstić information content (AvgIpc) is 3.35. The number of carbonyl (C=O) groups is 1. The number of alkyl halides is 3. The monoisotopic (exact) mass is 420 g/mol. The Bertz CT molecular complexity index is 920. The van der Waals surface area contributed by atoms with Crippen LogP contribution < -0.4 is 9.47 Å². The minimum atomic E-state index is -4.63. The van der Waals surface area contributed by atoms with E-state index in [1.54, 1.807) is 23.1 Å². The van der Waals surface area contributed by atoms with E-state index in [9.17, 15) is 18.0 Å². The van der Waals surface area contributed by atoms with Crippen LogP contribution in [0.3, 0.4) is 0 Å². The lowest BCUT2D eigenvalue weighted by Crippen LogP contribution is -2.52. The van der Waals surface area contributed by atoms with E-state index in [2.05, 4.69) is 0 Å². The summed E-state index contributed by atoms with van der Waals surface area (Å²) in [6.07, 6.45) is -4.87. The SMILES string of the molecule is CN(Cc1ccc2c(c1)OCO2)C(=O)C1(C(F)(F)F)CCN(Cc2ccccc2)C1. The predicted molar refractivity (Wildman–Crippen MR) is 104 cm³/mol. The second kappa shape index (κ2) is 7.83. The first-order valence-corrected chi connectivity index (χ1v) is 9.76. The summed E-state index contributed by atoms with van der Waals surface area (Å²) >= 11 is 0. The van der Waals surface area contributed by atoms with Crippen LogP contribution >= 0.6 is 0 Å². The molecule has 1 unspecified atom stereocenters. The molecule has 0 aliphatic carbocycles. The number of rotatable bonds is 5. The van der Waals surface area contributed by atoms with Crippen LogP contribution in [0.25, 0.3) is 0 Å². The molecule has 2 aliphatic rings.